The van der Waals surface area contributed by atoms with Crippen LogP contribution in [0.5, 0.6) is 0 Å². The smallest absolute Gasteiger partial charge is 0.319 e. The Hall–Kier alpha value is -2.75. The molecule has 2 aromatic carbocycles. The molecule has 3 N–H and O–H groups in total. The van der Waals surface area contributed by atoms with Crippen LogP contribution in [0.1, 0.15) is 35.2 Å². The lowest BCUT2D eigenvalue weighted by Gasteiger charge is -2.11. The molecule has 4 heteroatoms. The molecule has 0 radical (unpaired) electrons. The fraction of sp³-hybridized carbons (Fsp3) is 0.286. The number of aryl methyl sites for hydroxylation is 3. The van der Waals surface area contributed by atoms with Crippen molar-refractivity contribution in [1.82, 2.24) is 10.3 Å². The number of carbonyl (C=O) groups is 1. The first-order chi connectivity index (χ1) is 12.2. The molecule has 1 aromatic heterocycles. The topological polar surface area (TPSA) is 56.9 Å². The van der Waals surface area contributed by atoms with Gasteiger partial charge in [0.1, 0.15) is 0 Å². The molecule has 4 nitrogen and oxygen atoms in total. The molecule has 0 saturated carbocycles. The van der Waals surface area contributed by atoms with Crippen molar-refractivity contribution in [2.24, 2.45) is 0 Å². The lowest BCUT2D eigenvalue weighted by atomic mass is 9.95. The number of aromatic nitrogens is 1. The van der Waals surface area contributed by atoms with E-state index in [-0.39, 0.29) is 6.03 Å². The molecule has 1 heterocycles. The molecule has 3 aromatic rings. The van der Waals surface area contributed by atoms with Crippen molar-refractivity contribution >= 4 is 22.6 Å². The van der Waals surface area contributed by atoms with E-state index in [1.54, 1.807) is 0 Å². The summed E-state index contributed by atoms with van der Waals surface area (Å²) in [5.41, 5.74) is 7.17. The molecule has 0 fully saturated rings. The number of hydrogen-bond donors (Lipinski definition) is 3. The van der Waals surface area contributed by atoms with Crippen molar-refractivity contribution in [2.75, 3.05) is 5.32 Å². The predicted molar refractivity (Wildman–Crippen MR) is 102 cm³/mol. The van der Waals surface area contributed by atoms with E-state index in [1.165, 1.54) is 40.6 Å². The molecule has 0 atom stereocenters. The minimum Gasteiger partial charge on any atom is -0.358 e. The summed E-state index contributed by atoms with van der Waals surface area (Å²) in [5, 5.41) is 7.12. The Kier molecular flexibility index (Phi) is 4.18. The molecule has 0 unspecified atom stereocenters. The molecule has 0 saturated heterocycles. The van der Waals surface area contributed by atoms with Gasteiger partial charge < -0.3 is 15.6 Å². The van der Waals surface area contributed by atoms with Gasteiger partial charge in [-0.2, -0.15) is 0 Å². The van der Waals surface area contributed by atoms with Crippen LogP contribution in [0.4, 0.5) is 10.5 Å². The van der Waals surface area contributed by atoms with Gasteiger partial charge in [-0.25, -0.2) is 4.79 Å². The summed E-state index contributed by atoms with van der Waals surface area (Å²) in [6, 6.07) is 14.0. The molecular weight excluding hydrogens is 310 g/mol. The number of anilines is 1. The molecule has 4 rings (SSSR count). The monoisotopic (exact) mass is 333 g/mol. The van der Waals surface area contributed by atoms with Crippen molar-refractivity contribution in [3.8, 4) is 0 Å². The van der Waals surface area contributed by atoms with E-state index < -0.39 is 0 Å². The van der Waals surface area contributed by atoms with Crippen molar-refractivity contribution in [3.63, 3.8) is 0 Å². The summed E-state index contributed by atoms with van der Waals surface area (Å²) in [4.78, 5) is 15.6. The molecule has 1 aliphatic rings. The number of amides is 2. The zero-order valence-corrected chi connectivity index (χ0v) is 14.5. The van der Waals surface area contributed by atoms with E-state index in [0.29, 0.717) is 6.54 Å². The normalized spacial score (nSPS) is 13.5. The van der Waals surface area contributed by atoms with E-state index >= 15 is 0 Å². The number of rotatable bonds is 3. The lowest BCUT2D eigenvalue weighted by molar-refractivity contribution is 0.251. The minimum atomic E-state index is -0.181. The minimum absolute atomic E-state index is 0.181. The maximum atomic E-state index is 12.1. The van der Waals surface area contributed by atoms with Gasteiger partial charge in [-0.3, -0.25) is 0 Å². The second kappa shape index (κ2) is 6.63. The predicted octanol–water partition coefficient (Wildman–Crippen LogP) is 4.68. The lowest BCUT2D eigenvalue weighted by Crippen LogP contribution is -2.28. The standard InChI is InChI=1S/C21H23N3O/c1-14-6-9-16(10-7-14)23-21(25)22-13-15-8-11-20-18(12-15)17-4-2-3-5-19(17)24-20/h6-12,24H,2-5,13H2,1H3,(H2,22,23,25). The Bertz CT molecular complexity index is 909. The Labute approximate surface area is 147 Å². The van der Waals surface area contributed by atoms with Gasteiger partial charge in [-0.05, 0) is 68.0 Å². The van der Waals surface area contributed by atoms with E-state index in [1.807, 2.05) is 31.2 Å². The van der Waals surface area contributed by atoms with Crippen LogP contribution >= 0.6 is 0 Å². The number of carbonyl (C=O) groups excluding carboxylic acids is 1. The summed E-state index contributed by atoms with van der Waals surface area (Å²) in [7, 11) is 0. The Morgan fingerprint density at radius 3 is 2.72 bits per heavy atom. The first kappa shape index (κ1) is 15.8. The van der Waals surface area contributed by atoms with E-state index in [4.69, 9.17) is 0 Å². The average molecular weight is 333 g/mol. The molecule has 0 aliphatic heterocycles. The maximum absolute atomic E-state index is 12.1. The van der Waals surface area contributed by atoms with Gasteiger partial charge in [0.25, 0.3) is 0 Å². The van der Waals surface area contributed by atoms with Crippen molar-refractivity contribution < 1.29 is 4.79 Å². The van der Waals surface area contributed by atoms with Crippen LogP contribution in [0.25, 0.3) is 10.9 Å². The van der Waals surface area contributed by atoms with Gasteiger partial charge in [-0.15, -0.1) is 0 Å². The molecule has 25 heavy (non-hydrogen) atoms. The zero-order valence-electron chi connectivity index (χ0n) is 14.5. The number of nitrogens with one attached hydrogen (secondary N) is 3. The highest BCUT2D eigenvalue weighted by atomic mass is 16.2. The van der Waals surface area contributed by atoms with Gasteiger partial charge in [0.2, 0.25) is 0 Å². The van der Waals surface area contributed by atoms with Gasteiger partial charge in [0, 0.05) is 28.8 Å². The molecule has 1 aliphatic carbocycles. The van der Waals surface area contributed by atoms with E-state index in [9.17, 15) is 4.79 Å². The van der Waals surface area contributed by atoms with Crippen LogP contribution in [-0.4, -0.2) is 11.0 Å². The number of aromatic amines is 1. The van der Waals surface area contributed by atoms with Crippen LogP contribution < -0.4 is 10.6 Å². The highest BCUT2D eigenvalue weighted by Crippen LogP contribution is 2.29. The molecule has 0 bridgehead atoms. The van der Waals surface area contributed by atoms with E-state index in [0.717, 1.165) is 24.1 Å². The summed E-state index contributed by atoms with van der Waals surface area (Å²) >= 11 is 0. The zero-order chi connectivity index (χ0) is 17.2. The number of benzene rings is 2. The van der Waals surface area contributed by atoms with Crippen molar-refractivity contribution in [3.05, 3.63) is 64.8 Å². The van der Waals surface area contributed by atoms with Gasteiger partial charge in [-0.1, -0.05) is 23.8 Å². The largest absolute Gasteiger partial charge is 0.358 e. The van der Waals surface area contributed by atoms with Crippen LogP contribution in [0, 0.1) is 6.92 Å². The second-order valence-electron chi connectivity index (χ2n) is 6.84. The molecule has 2 amide bonds. The molecule has 128 valence electrons. The quantitative estimate of drug-likeness (QED) is 0.640. The molecule has 0 spiro atoms. The third kappa shape index (κ3) is 3.38. The van der Waals surface area contributed by atoms with Crippen LogP contribution in [0.2, 0.25) is 0 Å². The van der Waals surface area contributed by atoms with Crippen molar-refractivity contribution in [1.29, 1.82) is 0 Å². The highest BCUT2D eigenvalue weighted by Gasteiger charge is 2.15. The number of hydrogen-bond acceptors (Lipinski definition) is 1. The fourth-order valence-corrected chi connectivity index (χ4v) is 3.56. The first-order valence-corrected chi connectivity index (χ1v) is 8.93. The first-order valence-electron chi connectivity index (χ1n) is 8.93. The highest BCUT2D eigenvalue weighted by molar-refractivity contribution is 5.89. The average Bonchev–Trinajstić information content (AvgIpc) is 3.00. The number of fused-ring (bicyclic) bond motifs is 3. The SMILES string of the molecule is Cc1ccc(NC(=O)NCc2ccc3[nH]c4c(c3c2)CCCC4)cc1. The third-order valence-corrected chi connectivity index (χ3v) is 4.92. The fourth-order valence-electron chi connectivity index (χ4n) is 3.56. The maximum Gasteiger partial charge on any atom is 0.319 e. The summed E-state index contributed by atoms with van der Waals surface area (Å²) in [6.07, 6.45) is 4.84. The summed E-state index contributed by atoms with van der Waals surface area (Å²) in [6.45, 7) is 2.55. The Morgan fingerprint density at radius 2 is 1.88 bits per heavy atom. The Balaban J connectivity index is 1.43. The van der Waals surface area contributed by atoms with Crippen LogP contribution in [-0.2, 0) is 19.4 Å². The number of urea groups is 1. The van der Waals surface area contributed by atoms with Crippen LogP contribution in [0.15, 0.2) is 42.5 Å². The molecular formula is C21H23N3O. The second-order valence-corrected chi connectivity index (χ2v) is 6.84. The van der Waals surface area contributed by atoms with Gasteiger partial charge in [0.05, 0.1) is 0 Å². The number of H-pyrrole nitrogens is 1. The summed E-state index contributed by atoms with van der Waals surface area (Å²) in [5.74, 6) is 0. The van der Waals surface area contributed by atoms with Crippen LogP contribution in [0.3, 0.4) is 0 Å². The summed E-state index contributed by atoms with van der Waals surface area (Å²) < 4.78 is 0. The van der Waals surface area contributed by atoms with Gasteiger partial charge in [0.15, 0.2) is 0 Å². The van der Waals surface area contributed by atoms with Crippen molar-refractivity contribution in [2.45, 2.75) is 39.2 Å². The van der Waals surface area contributed by atoms with E-state index in [2.05, 4.69) is 33.8 Å². The van der Waals surface area contributed by atoms with Gasteiger partial charge >= 0.3 is 6.03 Å². The Morgan fingerprint density at radius 1 is 1.08 bits per heavy atom. The third-order valence-electron chi connectivity index (χ3n) is 4.92.